The third kappa shape index (κ3) is 2.92. The van der Waals surface area contributed by atoms with E-state index in [1.54, 1.807) is 0 Å². The van der Waals surface area contributed by atoms with Crippen molar-refractivity contribution in [1.82, 2.24) is 4.90 Å². The molecule has 0 aromatic carbocycles. The topological polar surface area (TPSA) is 66.6 Å². The summed E-state index contributed by atoms with van der Waals surface area (Å²) in [5, 5.41) is 9.01. The normalized spacial score (nSPS) is 31.5. The molecule has 1 rings (SSSR count). The molecule has 1 saturated carbocycles. The van der Waals surface area contributed by atoms with Crippen LogP contribution in [-0.4, -0.2) is 41.1 Å². The summed E-state index contributed by atoms with van der Waals surface area (Å²) in [7, 11) is 2.05. The van der Waals surface area contributed by atoms with Crippen LogP contribution in [0.1, 0.15) is 33.1 Å². The summed E-state index contributed by atoms with van der Waals surface area (Å²) in [4.78, 5) is 13.2. The van der Waals surface area contributed by atoms with Gasteiger partial charge in [-0.25, -0.2) is 0 Å². The Morgan fingerprint density at radius 1 is 1.67 bits per heavy atom. The molecule has 4 nitrogen and oxygen atoms in total. The number of hydrogen-bond donors (Lipinski definition) is 2. The fourth-order valence-corrected chi connectivity index (χ4v) is 2.34. The van der Waals surface area contributed by atoms with Crippen LogP contribution < -0.4 is 5.73 Å². The van der Waals surface area contributed by atoms with E-state index in [-0.39, 0.29) is 0 Å². The number of carboxylic acids is 1. The van der Waals surface area contributed by atoms with Crippen molar-refractivity contribution < 1.29 is 9.90 Å². The van der Waals surface area contributed by atoms with E-state index in [2.05, 4.69) is 25.8 Å². The highest BCUT2D eigenvalue weighted by molar-refractivity contribution is 5.79. The largest absolute Gasteiger partial charge is 0.480 e. The lowest BCUT2D eigenvalue weighted by molar-refractivity contribution is -0.143. The molecule has 1 aliphatic carbocycles. The first-order valence-corrected chi connectivity index (χ1v) is 5.57. The maximum atomic E-state index is 11.0. The van der Waals surface area contributed by atoms with E-state index >= 15 is 0 Å². The molecule has 0 radical (unpaired) electrons. The number of hydrogen-bond acceptors (Lipinski definition) is 3. The minimum Gasteiger partial charge on any atom is -0.480 e. The summed E-state index contributed by atoms with van der Waals surface area (Å²) in [6.45, 7) is 5.33. The molecule has 0 spiro atoms. The van der Waals surface area contributed by atoms with E-state index in [1.807, 2.05) is 0 Å². The van der Waals surface area contributed by atoms with Gasteiger partial charge in [0, 0.05) is 12.6 Å². The van der Waals surface area contributed by atoms with E-state index in [0.29, 0.717) is 24.8 Å². The van der Waals surface area contributed by atoms with Crippen molar-refractivity contribution in [3.05, 3.63) is 0 Å². The molecule has 88 valence electrons. The molecule has 2 unspecified atom stereocenters. The molecule has 4 heteroatoms. The summed E-state index contributed by atoms with van der Waals surface area (Å²) < 4.78 is 0. The fraction of sp³-hybridized carbons (Fsp3) is 0.909. The van der Waals surface area contributed by atoms with Crippen LogP contribution in [0.5, 0.6) is 0 Å². The molecular weight excluding hydrogens is 192 g/mol. The van der Waals surface area contributed by atoms with Gasteiger partial charge < -0.3 is 15.7 Å². The van der Waals surface area contributed by atoms with Crippen molar-refractivity contribution in [2.45, 2.75) is 44.7 Å². The molecular formula is C11H22N2O2. The molecule has 0 aliphatic heterocycles. The molecule has 2 atom stereocenters. The first-order valence-electron chi connectivity index (χ1n) is 5.57. The maximum absolute atomic E-state index is 11.0. The lowest BCUT2D eigenvalue weighted by Crippen LogP contribution is -2.47. The van der Waals surface area contributed by atoms with Crippen LogP contribution in [0.3, 0.4) is 0 Å². The zero-order chi connectivity index (χ0) is 11.6. The fourth-order valence-electron chi connectivity index (χ4n) is 2.34. The summed E-state index contributed by atoms with van der Waals surface area (Å²) in [6, 6.07) is 0.327. The molecule has 0 amide bonds. The van der Waals surface area contributed by atoms with Crippen molar-refractivity contribution in [2.75, 3.05) is 13.6 Å². The van der Waals surface area contributed by atoms with Gasteiger partial charge in [-0.05, 0) is 32.2 Å². The van der Waals surface area contributed by atoms with Crippen molar-refractivity contribution in [1.29, 1.82) is 0 Å². The zero-order valence-electron chi connectivity index (χ0n) is 9.86. The lowest BCUT2D eigenvalue weighted by Gasteiger charge is -2.27. The molecule has 0 aromatic heterocycles. The SMILES string of the molecule is CC(C)CN(C)C1CCC(N)(C(=O)O)C1. The monoisotopic (exact) mass is 214 g/mol. The third-order valence-electron chi connectivity index (χ3n) is 3.23. The van der Waals surface area contributed by atoms with Crippen LogP contribution >= 0.6 is 0 Å². The summed E-state index contributed by atoms with van der Waals surface area (Å²) in [6.07, 6.45) is 2.06. The summed E-state index contributed by atoms with van der Waals surface area (Å²) in [5.74, 6) is -0.254. The second-order valence-corrected chi connectivity index (χ2v) is 5.19. The van der Waals surface area contributed by atoms with Gasteiger partial charge >= 0.3 is 5.97 Å². The van der Waals surface area contributed by atoms with Gasteiger partial charge in [-0.2, -0.15) is 0 Å². The minimum atomic E-state index is -0.990. The maximum Gasteiger partial charge on any atom is 0.323 e. The van der Waals surface area contributed by atoms with Crippen LogP contribution in [0.2, 0.25) is 0 Å². The quantitative estimate of drug-likeness (QED) is 0.730. The smallest absolute Gasteiger partial charge is 0.323 e. The predicted octanol–water partition coefficient (Wildman–Crippen LogP) is 0.909. The number of nitrogens with two attached hydrogens (primary N) is 1. The Balaban J connectivity index is 2.52. The van der Waals surface area contributed by atoms with Crippen molar-refractivity contribution in [2.24, 2.45) is 11.7 Å². The first kappa shape index (κ1) is 12.5. The van der Waals surface area contributed by atoms with E-state index < -0.39 is 11.5 Å². The molecule has 1 fully saturated rings. The van der Waals surface area contributed by atoms with Gasteiger partial charge in [0.05, 0.1) is 0 Å². The number of carbonyl (C=O) groups is 1. The standard InChI is InChI=1S/C11H22N2O2/c1-8(2)7-13(3)9-4-5-11(12,6-9)10(14)15/h8-9H,4-7,12H2,1-3H3,(H,14,15). The lowest BCUT2D eigenvalue weighted by atomic mass is 9.99. The summed E-state index contributed by atoms with van der Waals surface area (Å²) >= 11 is 0. The predicted molar refractivity (Wildman–Crippen MR) is 59.7 cm³/mol. The average molecular weight is 214 g/mol. The van der Waals surface area contributed by atoms with Gasteiger partial charge in [0.15, 0.2) is 0 Å². The Kier molecular flexibility index (Phi) is 3.73. The van der Waals surface area contributed by atoms with Crippen LogP contribution in [0.25, 0.3) is 0 Å². The third-order valence-corrected chi connectivity index (χ3v) is 3.23. The van der Waals surface area contributed by atoms with Gasteiger partial charge in [-0.1, -0.05) is 13.8 Å². The van der Waals surface area contributed by atoms with E-state index in [0.717, 1.165) is 13.0 Å². The van der Waals surface area contributed by atoms with E-state index in [9.17, 15) is 4.79 Å². The molecule has 1 aliphatic rings. The van der Waals surface area contributed by atoms with Crippen molar-refractivity contribution >= 4 is 5.97 Å². The highest BCUT2D eigenvalue weighted by Gasteiger charge is 2.43. The average Bonchev–Trinajstić information content (AvgIpc) is 2.48. The Morgan fingerprint density at radius 2 is 2.27 bits per heavy atom. The van der Waals surface area contributed by atoms with Gasteiger partial charge in [-0.15, -0.1) is 0 Å². The molecule has 0 heterocycles. The second-order valence-electron chi connectivity index (χ2n) is 5.19. The molecule has 0 saturated heterocycles. The number of aliphatic carboxylic acids is 1. The van der Waals surface area contributed by atoms with Crippen LogP contribution in [0, 0.1) is 5.92 Å². The Morgan fingerprint density at radius 3 is 2.67 bits per heavy atom. The van der Waals surface area contributed by atoms with Gasteiger partial charge in [0.25, 0.3) is 0 Å². The van der Waals surface area contributed by atoms with Crippen LogP contribution in [-0.2, 0) is 4.79 Å². The number of rotatable bonds is 4. The number of nitrogens with zero attached hydrogens (tertiary/aromatic N) is 1. The Labute approximate surface area is 91.4 Å². The molecule has 15 heavy (non-hydrogen) atoms. The van der Waals surface area contributed by atoms with Crippen LogP contribution in [0.15, 0.2) is 0 Å². The highest BCUT2D eigenvalue weighted by atomic mass is 16.4. The highest BCUT2D eigenvalue weighted by Crippen LogP contribution is 2.31. The first-order chi connectivity index (χ1) is 6.85. The van der Waals surface area contributed by atoms with E-state index in [1.165, 1.54) is 0 Å². The molecule has 0 aromatic rings. The molecule has 3 N–H and O–H groups in total. The van der Waals surface area contributed by atoms with Crippen molar-refractivity contribution in [3.63, 3.8) is 0 Å². The van der Waals surface area contributed by atoms with Crippen LogP contribution in [0.4, 0.5) is 0 Å². The minimum absolute atomic E-state index is 0.327. The summed E-state index contributed by atoms with van der Waals surface area (Å²) in [5.41, 5.74) is 4.84. The molecule has 0 bridgehead atoms. The van der Waals surface area contributed by atoms with Gasteiger partial charge in [0.1, 0.15) is 5.54 Å². The van der Waals surface area contributed by atoms with E-state index in [4.69, 9.17) is 10.8 Å². The van der Waals surface area contributed by atoms with Crippen molar-refractivity contribution in [3.8, 4) is 0 Å². The van der Waals surface area contributed by atoms with Gasteiger partial charge in [0.2, 0.25) is 0 Å². The zero-order valence-corrected chi connectivity index (χ0v) is 9.86. The van der Waals surface area contributed by atoms with Gasteiger partial charge in [-0.3, -0.25) is 4.79 Å². The Bertz CT molecular complexity index is 243. The second kappa shape index (κ2) is 4.49. The number of carboxylic acid groups (broad SMARTS) is 1. The Hall–Kier alpha value is -0.610.